The molecule has 1 aromatic carbocycles. The molecule has 0 aliphatic rings. The van der Waals surface area contributed by atoms with Crippen molar-refractivity contribution < 1.29 is 0 Å². The van der Waals surface area contributed by atoms with Crippen LogP contribution in [0.2, 0.25) is 10.4 Å². The highest BCUT2D eigenvalue weighted by Gasteiger charge is 2.13. The molecule has 7 heteroatoms. The van der Waals surface area contributed by atoms with Gasteiger partial charge in [0.15, 0.2) is 0 Å². The van der Waals surface area contributed by atoms with Crippen LogP contribution in [-0.4, -0.2) is 19.7 Å². The Kier molecular flexibility index (Phi) is 2.50. The number of fused-ring (bicyclic) bond motifs is 3. The van der Waals surface area contributed by atoms with Crippen molar-refractivity contribution in [1.82, 2.24) is 19.7 Å². The standard InChI is InChI=1S/C10H5BrCl2N4/c1-17-3-4-7-6(2-5(11)8(4)16-17)14-10(13)15-9(7)12/h2-3H,1H3. The molecule has 0 radical (unpaired) electrons. The Labute approximate surface area is 115 Å². The zero-order chi connectivity index (χ0) is 12.2. The average molecular weight is 332 g/mol. The lowest BCUT2D eigenvalue weighted by Crippen LogP contribution is -1.88. The summed E-state index contributed by atoms with van der Waals surface area (Å²) in [6.45, 7) is 0. The molecular formula is C10H5BrCl2N4. The number of aryl methyl sites for hydroxylation is 1. The maximum absolute atomic E-state index is 6.11. The molecule has 0 spiro atoms. The smallest absolute Gasteiger partial charge is 0.224 e. The molecule has 2 aromatic heterocycles. The fourth-order valence-electron chi connectivity index (χ4n) is 1.81. The van der Waals surface area contributed by atoms with E-state index in [2.05, 4.69) is 31.0 Å². The lowest BCUT2D eigenvalue weighted by molar-refractivity contribution is 0.779. The van der Waals surface area contributed by atoms with Crippen molar-refractivity contribution in [2.45, 2.75) is 0 Å². The van der Waals surface area contributed by atoms with Gasteiger partial charge in [-0.2, -0.15) is 5.10 Å². The topological polar surface area (TPSA) is 43.6 Å². The van der Waals surface area contributed by atoms with Crippen LogP contribution in [0, 0.1) is 0 Å². The highest BCUT2D eigenvalue weighted by Crippen LogP contribution is 2.33. The number of aromatic nitrogens is 4. The van der Waals surface area contributed by atoms with Crippen molar-refractivity contribution in [2.24, 2.45) is 7.05 Å². The zero-order valence-corrected chi connectivity index (χ0v) is 11.7. The Balaban J connectivity index is 2.62. The lowest BCUT2D eigenvalue weighted by Gasteiger charge is -2.02. The Morgan fingerprint density at radius 2 is 2.06 bits per heavy atom. The van der Waals surface area contributed by atoms with Gasteiger partial charge in [-0.05, 0) is 33.6 Å². The highest BCUT2D eigenvalue weighted by molar-refractivity contribution is 9.10. The summed E-state index contributed by atoms with van der Waals surface area (Å²) in [5, 5.41) is 6.49. The normalized spacial score (nSPS) is 11.5. The molecular weight excluding hydrogens is 327 g/mol. The largest absolute Gasteiger partial charge is 0.275 e. The minimum atomic E-state index is 0.137. The van der Waals surface area contributed by atoms with E-state index in [0.29, 0.717) is 10.7 Å². The third-order valence-electron chi connectivity index (χ3n) is 2.45. The van der Waals surface area contributed by atoms with Crippen molar-refractivity contribution in [3.05, 3.63) is 27.2 Å². The second-order valence-electron chi connectivity index (χ2n) is 3.60. The summed E-state index contributed by atoms with van der Waals surface area (Å²) in [5.74, 6) is 0. The van der Waals surface area contributed by atoms with Crippen LogP contribution in [-0.2, 0) is 7.05 Å². The van der Waals surface area contributed by atoms with Crippen molar-refractivity contribution in [2.75, 3.05) is 0 Å². The van der Waals surface area contributed by atoms with Crippen LogP contribution in [0.25, 0.3) is 21.8 Å². The summed E-state index contributed by atoms with van der Waals surface area (Å²) in [6.07, 6.45) is 1.88. The molecule has 0 amide bonds. The van der Waals surface area contributed by atoms with E-state index >= 15 is 0 Å². The second kappa shape index (κ2) is 3.80. The molecule has 0 fully saturated rings. The van der Waals surface area contributed by atoms with E-state index in [1.165, 1.54) is 0 Å². The Bertz CT molecular complexity index is 753. The minimum absolute atomic E-state index is 0.137. The van der Waals surface area contributed by atoms with Crippen molar-refractivity contribution in [1.29, 1.82) is 0 Å². The zero-order valence-electron chi connectivity index (χ0n) is 8.58. The van der Waals surface area contributed by atoms with Crippen LogP contribution in [0.15, 0.2) is 16.7 Å². The third-order valence-corrected chi connectivity index (χ3v) is 3.50. The van der Waals surface area contributed by atoms with Gasteiger partial charge in [0.1, 0.15) is 10.7 Å². The molecule has 0 aliphatic heterocycles. The van der Waals surface area contributed by atoms with E-state index in [4.69, 9.17) is 23.2 Å². The van der Waals surface area contributed by atoms with Gasteiger partial charge in [0, 0.05) is 28.5 Å². The summed E-state index contributed by atoms with van der Waals surface area (Å²) in [4.78, 5) is 8.12. The van der Waals surface area contributed by atoms with Crippen LogP contribution < -0.4 is 0 Å². The van der Waals surface area contributed by atoms with Gasteiger partial charge in [-0.15, -0.1) is 0 Å². The summed E-state index contributed by atoms with van der Waals surface area (Å²) in [6, 6.07) is 1.84. The first kappa shape index (κ1) is 11.2. The van der Waals surface area contributed by atoms with Crippen LogP contribution in [0.3, 0.4) is 0 Å². The summed E-state index contributed by atoms with van der Waals surface area (Å²) < 4.78 is 2.58. The number of nitrogens with zero attached hydrogens (tertiary/aromatic N) is 4. The van der Waals surface area contributed by atoms with Crippen LogP contribution in [0.1, 0.15) is 0 Å². The molecule has 0 saturated heterocycles. The molecule has 0 aliphatic carbocycles. The maximum Gasteiger partial charge on any atom is 0.224 e. The number of hydrogen-bond acceptors (Lipinski definition) is 3. The van der Waals surface area contributed by atoms with Gasteiger partial charge in [-0.1, -0.05) is 11.6 Å². The quantitative estimate of drug-likeness (QED) is 0.467. The Morgan fingerprint density at radius 3 is 2.82 bits per heavy atom. The summed E-state index contributed by atoms with van der Waals surface area (Å²) in [7, 11) is 1.85. The molecule has 3 aromatic rings. The van der Waals surface area contributed by atoms with Crippen LogP contribution >= 0.6 is 39.1 Å². The van der Waals surface area contributed by atoms with Gasteiger partial charge in [0.05, 0.1) is 5.52 Å². The van der Waals surface area contributed by atoms with Crippen molar-refractivity contribution >= 4 is 60.9 Å². The van der Waals surface area contributed by atoms with E-state index in [0.717, 1.165) is 20.8 Å². The molecule has 0 N–H and O–H groups in total. The van der Waals surface area contributed by atoms with Crippen LogP contribution in [0.5, 0.6) is 0 Å². The van der Waals surface area contributed by atoms with Gasteiger partial charge in [0.25, 0.3) is 0 Å². The average Bonchev–Trinajstić information content (AvgIpc) is 2.58. The number of hydrogen-bond donors (Lipinski definition) is 0. The van der Waals surface area contributed by atoms with Gasteiger partial charge < -0.3 is 0 Å². The van der Waals surface area contributed by atoms with Gasteiger partial charge in [0.2, 0.25) is 5.28 Å². The molecule has 17 heavy (non-hydrogen) atoms. The first-order valence-electron chi connectivity index (χ1n) is 4.71. The predicted octanol–water partition coefficient (Wildman–Crippen LogP) is 3.59. The van der Waals surface area contributed by atoms with Crippen LogP contribution in [0.4, 0.5) is 0 Å². The molecule has 4 nitrogen and oxygen atoms in total. The molecule has 0 bridgehead atoms. The highest BCUT2D eigenvalue weighted by atomic mass is 79.9. The summed E-state index contributed by atoms with van der Waals surface area (Å²) >= 11 is 15.4. The fraction of sp³-hybridized carbons (Fsp3) is 0.100. The van der Waals surface area contributed by atoms with Crippen molar-refractivity contribution in [3.63, 3.8) is 0 Å². The number of halogens is 3. The van der Waals surface area contributed by atoms with Crippen molar-refractivity contribution in [3.8, 4) is 0 Å². The van der Waals surface area contributed by atoms with E-state index < -0.39 is 0 Å². The molecule has 0 atom stereocenters. The molecule has 0 unspecified atom stereocenters. The number of rotatable bonds is 0. The minimum Gasteiger partial charge on any atom is -0.275 e. The maximum atomic E-state index is 6.11. The lowest BCUT2D eigenvalue weighted by atomic mass is 10.2. The Morgan fingerprint density at radius 1 is 1.29 bits per heavy atom. The Hall–Kier alpha value is -0.910. The second-order valence-corrected chi connectivity index (χ2v) is 5.15. The van der Waals surface area contributed by atoms with E-state index in [9.17, 15) is 0 Å². The molecule has 86 valence electrons. The van der Waals surface area contributed by atoms with E-state index in [-0.39, 0.29) is 5.28 Å². The molecule has 0 saturated carbocycles. The predicted molar refractivity (Wildman–Crippen MR) is 71.5 cm³/mol. The van der Waals surface area contributed by atoms with E-state index in [1.807, 2.05) is 19.3 Å². The van der Waals surface area contributed by atoms with E-state index in [1.54, 1.807) is 4.68 Å². The first-order valence-corrected chi connectivity index (χ1v) is 6.26. The molecule has 3 rings (SSSR count). The van der Waals surface area contributed by atoms with Gasteiger partial charge >= 0.3 is 0 Å². The third kappa shape index (κ3) is 1.69. The first-order chi connectivity index (χ1) is 8.06. The molecule has 2 heterocycles. The summed E-state index contributed by atoms with van der Waals surface area (Å²) in [5.41, 5.74) is 1.52. The monoisotopic (exact) mass is 330 g/mol. The van der Waals surface area contributed by atoms with Gasteiger partial charge in [-0.3, -0.25) is 4.68 Å². The number of benzene rings is 1. The van der Waals surface area contributed by atoms with Gasteiger partial charge in [-0.25, -0.2) is 9.97 Å². The SMILES string of the molecule is Cn1cc2c(n1)c(Br)cc1nc(Cl)nc(Cl)c12. The fourth-order valence-corrected chi connectivity index (χ4v) is 2.82.